The maximum Gasteiger partial charge on any atom is 0.408 e. The summed E-state index contributed by atoms with van der Waals surface area (Å²) >= 11 is 0. The Kier molecular flexibility index (Phi) is 7.01. The predicted molar refractivity (Wildman–Crippen MR) is 81.8 cm³/mol. The van der Waals surface area contributed by atoms with Gasteiger partial charge in [-0.05, 0) is 13.3 Å². The molecule has 0 radical (unpaired) electrons. The minimum Gasteiger partial charge on any atom is -0.487 e. The molecule has 140 valence electrons. The van der Waals surface area contributed by atoms with Gasteiger partial charge in [-0.2, -0.15) is 13.2 Å². The van der Waals surface area contributed by atoms with Crippen molar-refractivity contribution in [2.45, 2.75) is 38.9 Å². The van der Waals surface area contributed by atoms with Crippen molar-refractivity contribution in [2.24, 2.45) is 0 Å². The van der Waals surface area contributed by atoms with Gasteiger partial charge in [0.25, 0.3) is 5.91 Å². The molecule has 0 saturated carbocycles. The van der Waals surface area contributed by atoms with Crippen LogP contribution in [0.25, 0.3) is 0 Å². The van der Waals surface area contributed by atoms with Crippen LogP contribution in [0.5, 0.6) is 5.75 Å². The van der Waals surface area contributed by atoms with Crippen LogP contribution in [0.2, 0.25) is 0 Å². The summed E-state index contributed by atoms with van der Waals surface area (Å²) in [6.07, 6.45) is -2.48. The van der Waals surface area contributed by atoms with Crippen molar-refractivity contribution >= 4 is 11.9 Å². The molecule has 0 bridgehead atoms. The minimum atomic E-state index is -4.65. The molecule has 0 aromatic carbocycles. The second kappa shape index (κ2) is 8.54. The van der Waals surface area contributed by atoms with Gasteiger partial charge < -0.3 is 19.8 Å². The van der Waals surface area contributed by atoms with Crippen LogP contribution in [0.4, 0.5) is 13.2 Å². The number of ether oxygens (including phenoxy) is 2. The summed E-state index contributed by atoms with van der Waals surface area (Å²) < 4.78 is 47.5. The smallest absolute Gasteiger partial charge is 0.408 e. The van der Waals surface area contributed by atoms with E-state index < -0.39 is 46.5 Å². The number of esters is 1. The number of alkyl halides is 3. The third kappa shape index (κ3) is 5.23. The molecule has 0 spiro atoms. The van der Waals surface area contributed by atoms with Gasteiger partial charge in [-0.3, -0.25) is 9.59 Å². The van der Waals surface area contributed by atoms with E-state index in [1.54, 1.807) is 5.32 Å². The lowest BCUT2D eigenvalue weighted by Gasteiger charge is -2.18. The summed E-state index contributed by atoms with van der Waals surface area (Å²) in [5, 5.41) is 1.73. The van der Waals surface area contributed by atoms with Gasteiger partial charge in [0.2, 0.25) is 5.43 Å². The number of halogens is 3. The lowest BCUT2D eigenvalue weighted by atomic mass is 10.2. The van der Waals surface area contributed by atoms with Crippen LogP contribution in [0.3, 0.4) is 0 Å². The average Bonchev–Trinajstić information content (AvgIpc) is 2.54. The number of aromatic nitrogens is 1. The van der Waals surface area contributed by atoms with E-state index >= 15 is 0 Å². The van der Waals surface area contributed by atoms with Gasteiger partial charge in [-0.15, -0.1) is 0 Å². The van der Waals surface area contributed by atoms with Crippen molar-refractivity contribution in [1.29, 1.82) is 0 Å². The molecule has 1 amide bonds. The Balaban J connectivity index is 3.24. The quantitative estimate of drug-likeness (QED) is 0.570. The first-order valence-corrected chi connectivity index (χ1v) is 7.47. The average molecular weight is 364 g/mol. The van der Waals surface area contributed by atoms with E-state index in [1.807, 2.05) is 6.92 Å². The molecular weight excluding hydrogens is 345 g/mol. The van der Waals surface area contributed by atoms with Crippen LogP contribution < -0.4 is 15.5 Å². The van der Waals surface area contributed by atoms with Crippen molar-refractivity contribution in [2.75, 3.05) is 13.7 Å². The van der Waals surface area contributed by atoms with Gasteiger partial charge in [0.1, 0.15) is 11.6 Å². The number of carbonyl (C=O) groups is 2. The molecule has 1 aromatic heterocycles. The van der Waals surface area contributed by atoms with Crippen molar-refractivity contribution in [3.8, 4) is 5.75 Å². The predicted octanol–water partition coefficient (Wildman–Crippen LogP) is 2.02. The third-order valence-corrected chi connectivity index (χ3v) is 3.25. The second-order valence-corrected chi connectivity index (χ2v) is 5.17. The highest BCUT2D eigenvalue weighted by Crippen LogP contribution is 2.21. The van der Waals surface area contributed by atoms with Gasteiger partial charge in [-0.1, -0.05) is 13.3 Å². The van der Waals surface area contributed by atoms with E-state index in [4.69, 9.17) is 4.74 Å². The van der Waals surface area contributed by atoms with Crippen LogP contribution in [0.15, 0.2) is 11.0 Å². The lowest BCUT2D eigenvalue weighted by molar-refractivity contribution is -0.149. The fourth-order valence-corrected chi connectivity index (χ4v) is 1.75. The number of unbranched alkanes of at least 4 members (excludes halogenated alkanes) is 1. The summed E-state index contributed by atoms with van der Waals surface area (Å²) in [7, 11) is 1.06. The zero-order chi connectivity index (χ0) is 19.2. The Hall–Kier alpha value is -2.52. The van der Waals surface area contributed by atoms with E-state index in [9.17, 15) is 27.6 Å². The highest BCUT2D eigenvalue weighted by molar-refractivity contribution is 5.97. The Morgan fingerprint density at radius 2 is 2.00 bits per heavy atom. The molecular formula is C15H19F3N2O5. The number of rotatable bonds is 7. The van der Waals surface area contributed by atoms with E-state index in [-0.39, 0.29) is 6.61 Å². The molecule has 0 aliphatic heterocycles. The molecule has 0 aliphatic rings. The third-order valence-electron chi connectivity index (χ3n) is 3.25. The zero-order valence-electron chi connectivity index (χ0n) is 14.0. The minimum absolute atomic E-state index is 0.0549. The van der Waals surface area contributed by atoms with Crippen LogP contribution in [-0.4, -0.2) is 42.8 Å². The molecule has 1 atom stereocenters. The van der Waals surface area contributed by atoms with Gasteiger partial charge >= 0.3 is 12.1 Å². The van der Waals surface area contributed by atoms with Gasteiger partial charge in [0.05, 0.1) is 13.7 Å². The normalized spacial score (nSPS) is 12.4. The van der Waals surface area contributed by atoms with Gasteiger partial charge in [-0.25, -0.2) is 4.79 Å². The number of hydrogen-bond acceptors (Lipinski definition) is 5. The zero-order valence-corrected chi connectivity index (χ0v) is 14.0. The number of amides is 1. The van der Waals surface area contributed by atoms with E-state index in [2.05, 4.69) is 9.72 Å². The molecule has 7 nitrogen and oxygen atoms in total. The topological polar surface area (TPSA) is 97.5 Å². The Labute approximate surface area is 141 Å². The van der Waals surface area contributed by atoms with Gasteiger partial charge in [0, 0.05) is 6.20 Å². The van der Waals surface area contributed by atoms with Crippen molar-refractivity contribution in [3.05, 3.63) is 27.7 Å². The number of methoxy groups -OCH3 is 1. The van der Waals surface area contributed by atoms with Crippen molar-refractivity contribution in [3.63, 3.8) is 0 Å². The fourth-order valence-electron chi connectivity index (χ4n) is 1.75. The summed E-state index contributed by atoms with van der Waals surface area (Å²) in [5.41, 5.74) is -1.86. The van der Waals surface area contributed by atoms with Crippen LogP contribution in [-0.2, 0) is 4.74 Å². The Morgan fingerprint density at radius 1 is 1.36 bits per heavy atom. The fraction of sp³-hybridized carbons (Fsp3) is 0.533. The number of carbonyl (C=O) groups excluding carboxylic acids is 2. The first-order chi connectivity index (χ1) is 11.6. The summed E-state index contributed by atoms with van der Waals surface area (Å²) in [6.45, 7) is 2.67. The lowest BCUT2D eigenvalue weighted by Crippen LogP contribution is -2.43. The maximum absolute atomic E-state index is 12.6. The van der Waals surface area contributed by atoms with Crippen molar-refractivity contribution < 1.29 is 32.2 Å². The largest absolute Gasteiger partial charge is 0.487 e. The summed E-state index contributed by atoms with van der Waals surface area (Å²) in [6, 6.07) is -2.13. The first-order valence-electron chi connectivity index (χ1n) is 7.47. The number of H-pyrrole nitrogens is 1. The molecule has 10 heteroatoms. The molecule has 1 aromatic rings. The highest BCUT2D eigenvalue weighted by atomic mass is 19.4. The molecule has 0 saturated heterocycles. The Morgan fingerprint density at radius 3 is 2.52 bits per heavy atom. The van der Waals surface area contributed by atoms with Crippen LogP contribution in [0.1, 0.15) is 47.5 Å². The molecule has 0 fully saturated rings. The molecule has 0 unspecified atom stereocenters. The van der Waals surface area contributed by atoms with E-state index in [1.165, 1.54) is 0 Å². The standard InChI is InChI=1S/C15H19F3N2O5/c1-4-5-6-25-12-10(13(22)20-8(2)15(16,17)18)19-7-9(11(12)21)14(23)24-3/h7-8H,4-6H2,1-3H3,(H,19,21)(H,20,22)/t8-/m1/s1. The molecule has 1 heterocycles. The Bertz CT molecular complexity index is 685. The summed E-state index contributed by atoms with van der Waals surface area (Å²) in [4.78, 5) is 38.3. The van der Waals surface area contributed by atoms with E-state index in [0.29, 0.717) is 6.42 Å². The van der Waals surface area contributed by atoms with Gasteiger partial charge in [0.15, 0.2) is 11.4 Å². The second-order valence-electron chi connectivity index (χ2n) is 5.17. The molecule has 0 aliphatic carbocycles. The van der Waals surface area contributed by atoms with Crippen LogP contribution >= 0.6 is 0 Å². The van der Waals surface area contributed by atoms with Crippen LogP contribution in [0, 0.1) is 0 Å². The monoisotopic (exact) mass is 364 g/mol. The maximum atomic E-state index is 12.6. The summed E-state index contributed by atoms with van der Waals surface area (Å²) in [5.74, 6) is -2.66. The number of pyridine rings is 1. The highest BCUT2D eigenvalue weighted by Gasteiger charge is 2.38. The van der Waals surface area contributed by atoms with Crippen molar-refractivity contribution in [1.82, 2.24) is 10.3 Å². The number of aromatic amines is 1. The molecule has 25 heavy (non-hydrogen) atoms. The number of hydrogen-bond donors (Lipinski definition) is 2. The first kappa shape index (κ1) is 20.5. The molecule has 2 N–H and O–H groups in total. The van der Waals surface area contributed by atoms with E-state index in [0.717, 1.165) is 26.7 Å². The number of nitrogens with one attached hydrogen (secondary N) is 2. The SMILES string of the molecule is CCCCOc1c(C(=O)N[C@H](C)C(F)(F)F)[nH]cc(C(=O)OC)c1=O. The molecule has 1 rings (SSSR count).